The van der Waals surface area contributed by atoms with E-state index in [1.165, 1.54) is 13.2 Å². The Morgan fingerprint density at radius 1 is 1.06 bits per heavy atom. The van der Waals surface area contributed by atoms with Gasteiger partial charge in [-0.1, -0.05) is 42.8 Å². The zero-order chi connectivity index (χ0) is 23.7. The third-order valence-electron chi connectivity index (χ3n) is 6.43. The molecule has 1 heterocycles. The van der Waals surface area contributed by atoms with E-state index in [0.29, 0.717) is 30.1 Å². The van der Waals surface area contributed by atoms with E-state index in [-0.39, 0.29) is 10.6 Å². The summed E-state index contributed by atoms with van der Waals surface area (Å²) in [6.45, 7) is 1.57. The second kappa shape index (κ2) is 9.35. The largest absolute Gasteiger partial charge is 0.497 e. The van der Waals surface area contributed by atoms with Crippen molar-refractivity contribution in [2.24, 2.45) is 17.8 Å². The second-order valence-corrected chi connectivity index (χ2v) is 9.02. The lowest BCUT2D eigenvalue weighted by atomic mass is 9.76. The van der Waals surface area contributed by atoms with Gasteiger partial charge in [0.25, 0.3) is 17.7 Å². The van der Waals surface area contributed by atoms with Gasteiger partial charge in [-0.05, 0) is 49.4 Å². The molecule has 1 aliphatic heterocycles. The summed E-state index contributed by atoms with van der Waals surface area (Å²) in [6.07, 6.45) is 2.02. The van der Waals surface area contributed by atoms with Crippen molar-refractivity contribution in [1.82, 2.24) is 10.0 Å². The maximum Gasteiger partial charge on any atom is 0.274 e. The average molecular weight is 469 g/mol. The van der Waals surface area contributed by atoms with Gasteiger partial charge in [0.1, 0.15) is 12.3 Å². The van der Waals surface area contributed by atoms with Gasteiger partial charge in [-0.15, -0.1) is 0 Å². The molecule has 0 aromatic heterocycles. The first-order valence-corrected chi connectivity index (χ1v) is 11.3. The SMILES string of the molecule is COc1cccc(C(=O)CN(C(=O)c2ccccc2Cl)N2C(=O)[C@@H]3CC[C@@H](C)C[C@H]3C2=O)c1. The van der Waals surface area contributed by atoms with Gasteiger partial charge in [-0.2, -0.15) is 5.01 Å². The van der Waals surface area contributed by atoms with Crippen LogP contribution in [0, 0.1) is 17.8 Å². The van der Waals surface area contributed by atoms with Gasteiger partial charge < -0.3 is 4.74 Å². The topological polar surface area (TPSA) is 84.0 Å². The molecular formula is C25H25ClN2O5. The van der Waals surface area contributed by atoms with Crippen LogP contribution >= 0.6 is 11.6 Å². The van der Waals surface area contributed by atoms with Crippen molar-refractivity contribution in [3.8, 4) is 5.75 Å². The minimum atomic E-state index is -0.676. The summed E-state index contributed by atoms with van der Waals surface area (Å²) in [4.78, 5) is 53.3. The standard InChI is InChI=1S/C25H25ClN2O5/c1-15-10-11-18-20(12-15)25(32)28(24(18)31)27(23(30)19-8-3-4-9-21(19)26)14-22(29)16-6-5-7-17(13-16)33-2/h3-9,13,15,18,20H,10-12,14H2,1-2H3/t15-,18-,20-/m1/s1. The number of hydrogen-bond acceptors (Lipinski definition) is 5. The predicted molar refractivity (Wildman–Crippen MR) is 122 cm³/mol. The molecule has 0 bridgehead atoms. The lowest BCUT2D eigenvalue weighted by molar-refractivity contribution is -0.154. The number of rotatable bonds is 6. The number of amides is 3. The van der Waals surface area contributed by atoms with Crippen molar-refractivity contribution in [3.63, 3.8) is 0 Å². The van der Waals surface area contributed by atoms with Crippen LogP contribution in [0.5, 0.6) is 5.75 Å². The molecule has 2 aromatic rings. The van der Waals surface area contributed by atoms with E-state index in [2.05, 4.69) is 6.92 Å². The van der Waals surface area contributed by atoms with Crippen LogP contribution in [0.4, 0.5) is 0 Å². The first-order valence-electron chi connectivity index (χ1n) is 10.9. The van der Waals surface area contributed by atoms with Gasteiger partial charge in [-0.25, -0.2) is 5.01 Å². The number of ketones is 1. The van der Waals surface area contributed by atoms with Crippen LogP contribution in [0.15, 0.2) is 48.5 Å². The third kappa shape index (κ3) is 4.37. The minimum absolute atomic E-state index is 0.112. The molecule has 1 aliphatic carbocycles. The molecule has 33 heavy (non-hydrogen) atoms. The molecule has 1 saturated heterocycles. The fourth-order valence-electron chi connectivity index (χ4n) is 4.64. The highest BCUT2D eigenvalue weighted by Gasteiger charge is 2.52. The van der Waals surface area contributed by atoms with Crippen molar-refractivity contribution < 1.29 is 23.9 Å². The summed E-state index contributed by atoms with van der Waals surface area (Å²) in [7, 11) is 1.49. The lowest BCUT2D eigenvalue weighted by Gasteiger charge is -2.30. The zero-order valence-electron chi connectivity index (χ0n) is 18.5. The number of ether oxygens (including phenoxy) is 1. The number of imide groups is 1. The summed E-state index contributed by atoms with van der Waals surface area (Å²) in [5, 5.41) is 2.01. The fourth-order valence-corrected chi connectivity index (χ4v) is 4.86. The van der Waals surface area contributed by atoms with Gasteiger partial charge in [0.15, 0.2) is 5.78 Å². The predicted octanol–water partition coefficient (Wildman–Crippen LogP) is 4.01. The molecule has 0 unspecified atom stereocenters. The monoisotopic (exact) mass is 468 g/mol. The molecule has 172 valence electrons. The van der Waals surface area contributed by atoms with Crippen molar-refractivity contribution in [1.29, 1.82) is 0 Å². The van der Waals surface area contributed by atoms with Gasteiger partial charge in [0.05, 0.1) is 29.5 Å². The molecule has 2 aliphatic rings. The molecule has 0 spiro atoms. The molecule has 1 saturated carbocycles. The highest BCUT2D eigenvalue weighted by molar-refractivity contribution is 6.34. The van der Waals surface area contributed by atoms with Crippen LogP contribution in [-0.2, 0) is 9.59 Å². The van der Waals surface area contributed by atoms with Gasteiger partial charge in [-0.3, -0.25) is 19.2 Å². The number of methoxy groups -OCH3 is 1. The Morgan fingerprint density at radius 2 is 1.79 bits per heavy atom. The Balaban J connectivity index is 1.71. The van der Waals surface area contributed by atoms with E-state index in [1.807, 2.05) is 0 Å². The average Bonchev–Trinajstić information content (AvgIpc) is 3.06. The van der Waals surface area contributed by atoms with Crippen LogP contribution in [0.2, 0.25) is 5.02 Å². The number of fused-ring (bicyclic) bond motifs is 1. The summed E-state index contributed by atoms with van der Waals surface area (Å²) in [5.41, 5.74) is 0.415. The minimum Gasteiger partial charge on any atom is -0.497 e. The first-order chi connectivity index (χ1) is 15.8. The molecule has 2 aromatic carbocycles. The highest BCUT2D eigenvalue weighted by Crippen LogP contribution is 2.41. The number of carbonyl (C=O) groups excluding carboxylic acids is 4. The van der Waals surface area contributed by atoms with Crippen LogP contribution in [0.25, 0.3) is 0 Å². The molecule has 2 fully saturated rings. The number of carbonyl (C=O) groups is 4. The Labute approximate surface area is 197 Å². The van der Waals surface area contributed by atoms with E-state index in [1.54, 1.807) is 42.5 Å². The maximum absolute atomic E-state index is 13.5. The Bertz CT molecular complexity index is 1120. The quantitative estimate of drug-likeness (QED) is 0.472. The summed E-state index contributed by atoms with van der Waals surface area (Å²) < 4.78 is 5.18. The number of halogens is 1. The molecule has 4 rings (SSSR count). The summed E-state index contributed by atoms with van der Waals surface area (Å²) in [6, 6.07) is 12.9. The van der Waals surface area contributed by atoms with Crippen LogP contribution < -0.4 is 4.74 Å². The number of Topliss-reactive ketones (excluding diaryl/α,β-unsaturated/α-hetero) is 1. The molecule has 3 amide bonds. The van der Waals surface area contributed by atoms with E-state index in [4.69, 9.17) is 16.3 Å². The number of hydrazine groups is 1. The Kier molecular flexibility index (Phi) is 6.51. The van der Waals surface area contributed by atoms with Crippen molar-refractivity contribution >= 4 is 35.1 Å². The molecular weight excluding hydrogens is 444 g/mol. The normalized spacial score (nSPS) is 22.2. The second-order valence-electron chi connectivity index (χ2n) is 8.62. The third-order valence-corrected chi connectivity index (χ3v) is 6.76. The Morgan fingerprint density at radius 3 is 2.52 bits per heavy atom. The van der Waals surface area contributed by atoms with Gasteiger partial charge in [0, 0.05) is 5.56 Å². The van der Waals surface area contributed by atoms with E-state index >= 15 is 0 Å². The summed E-state index contributed by atoms with van der Waals surface area (Å²) in [5.74, 6) is -2.13. The van der Waals surface area contributed by atoms with Gasteiger partial charge in [0.2, 0.25) is 0 Å². The van der Waals surface area contributed by atoms with Crippen LogP contribution in [0.1, 0.15) is 46.9 Å². The van der Waals surface area contributed by atoms with E-state index < -0.39 is 41.9 Å². The molecule has 0 radical (unpaired) electrons. The summed E-state index contributed by atoms with van der Waals surface area (Å²) >= 11 is 6.24. The van der Waals surface area contributed by atoms with Crippen molar-refractivity contribution in [3.05, 3.63) is 64.7 Å². The molecule has 7 nitrogen and oxygen atoms in total. The van der Waals surface area contributed by atoms with Crippen LogP contribution in [0.3, 0.4) is 0 Å². The highest BCUT2D eigenvalue weighted by atomic mass is 35.5. The molecule has 0 N–H and O–H groups in total. The van der Waals surface area contributed by atoms with Crippen molar-refractivity contribution in [2.45, 2.75) is 26.2 Å². The molecule has 3 atom stereocenters. The molecule has 8 heteroatoms. The first kappa shape index (κ1) is 23.0. The fraction of sp³-hybridized carbons (Fsp3) is 0.360. The number of hydrogen-bond donors (Lipinski definition) is 0. The van der Waals surface area contributed by atoms with E-state index in [0.717, 1.165) is 16.4 Å². The lowest BCUT2D eigenvalue weighted by Crippen LogP contribution is -2.52. The maximum atomic E-state index is 13.5. The smallest absolute Gasteiger partial charge is 0.274 e. The number of benzene rings is 2. The Hall–Kier alpha value is -3.19. The van der Waals surface area contributed by atoms with E-state index in [9.17, 15) is 19.2 Å². The van der Waals surface area contributed by atoms with Gasteiger partial charge >= 0.3 is 0 Å². The van der Waals surface area contributed by atoms with Crippen LogP contribution in [-0.4, -0.2) is 47.2 Å². The zero-order valence-corrected chi connectivity index (χ0v) is 19.2. The number of nitrogens with zero attached hydrogens (tertiary/aromatic N) is 2. The van der Waals surface area contributed by atoms with Crippen molar-refractivity contribution in [2.75, 3.05) is 13.7 Å².